The van der Waals surface area contributed by atoms with Crippen molar-refractivity contribution in [3.8, 4) is 5.88 Å². The van der Waals surface area contributed by atoms with E-state index in [0.29, 0.717) is 18.3 Å². The van der Waals surface area contributed by atoms with Crippen molar-refractivity contribution in [1.82, 2.24) is 15.6 Å². The van der Waals surface area contributed by atoms with Gasteiger partial charge in [0.25, 0.3) is 0 Å². The Kier molecular flexibility index (Phi) is 14.3. The summed E-state index contributed by atoms with van der Waals surface area (Å²) in [5.41, 5.74) is 1.05. The van der Waals surface area contributed by atoms with E-state index >= 15 is 0 Å². The lowest BCUT2D eigenvalue weighted by Gasteiger charge is -2.21. The third-order valence-electron chi connectivity index (χ3n) is 3.76. The Morgan fingerprint density at radius 1 is 1.15 bits per heavy atom. The van der Waals surface area contributed by atoms with Crippen molar-refractivity contribution in [3.05, 3.63) is 23.9 Å². The smallest absolute Gasteiger partial charge is 0.213 e. The van der Waals surface area contributed by atoms with Gasteiger partial charge in [0.2, 0.25) is 5.88 Å². The van der Waals surface area contributed by atoms with Gasteiger partial charge in [0.05, 0.1) is 18.8 Å². The van der Waals surface area contributed by atoms with Crippen molar-refractivity contribution in [3.63, 3.8) is 0 Å². The first-order valence-corrected chi connectivity index (χ1v) is 9.71. The van der Waals surface area contributed by atoms with Gasteiger partial charge >= 0.3 is 0 Å². The minimum atomic E-state index is 0. The molecule has 1 aromatic heterocycles. The molecule has 0 aliphatic heterocycles. The molecule has 0 saturated heterocycles. The number of hydrogen-bond acceptors (Lipinski definition) is 4. The van der Waals surface area contributed by atoms with Gasteiger partial charge in [0, 0.05) is 32.0 Å². The molecule has 1 aromatic rings. The predicted molar refractivity (Wildman–Crippen MR) is 123 cm³/mol. The van der Waals surface area contributed by atoms with Gasteiger partial charge in [-0.3, -0.25) is 0 Å². The maximum atomic E-state index is 5.79. The molecule has 7 heteroatoms. The molecule has 1 rings (SSSR count). The van der Waals surface area contributed by atoms with Gasteiger partial charge in [0.15, 0.2) is 5.96 Å². The van der Waals surface area contributed by atoms with Gasteiger partial charge in [-0.25, -0.2) is 9.98 Å². The van der Waals surface area contributed by atoms with Crippen LogP contribution in [0.4, 0.5) is 0 Å². The molecule has 0 amide bonds. The SMILES string of the molecule is CCNC(=NCc1ccc(OC(C)C)nc1)NCCC(OCC)C(C)C.I. The van der Waals surface area contributed by atoms with Gasteiger partial charge in [-0.2, -0.15) is 0 Å². The van der Waals surface area contributed by atoms with Crippen LogP contribution in [-0.2, 0) is 11.3 Å². The van der Waals surface area contributed by atoms with Gasteiger partial charge in [-0.1, -0.05) is 19.9 Å². The molecule has 1 unspecified atom stereocenters. The molecule has 6 nitrogen and oxygen atoms in total. The van der Waals surface area contributed by atoms with Gasteiger partial charge < -0.3 is 20.1 Å². The highest BCUT2D eigenvalue weighted by molar-refractivity contribution is 14.0. The molecule has 2 N–H and O–H groups in total. The molecular formula is C20H37IN4O2. The molecule has 0 aliphatic rings. The highest BCUT2D eigenvalue weighted by atomic mass is 127. The lowest BCUT2D eigenvalue weighted by atomic mass is 10.0. The molecule has 27 heavy (non-hydrogen) atoms. The summed E-state index contributed by atoms with van der Waals surface area (Å²) in [6.07, 6.45) is 3.17. The van der Waals surface area contributed by atoms with E-state index in [1.165, 1.54) is 0 Å². The molecule has 156 valence electrons. The minimum absolute atomic E-state index is 0. The maximum absolute atomic E-state index is 5.79. The molecule has 1 atom stereocenters. The lowest BCUT2D eigenvalue weighted by Crippen LogP contribution is -2.39. The molecule has 0 aromatic carbocycles. The Morgan fingerprint density at radius 2 is 1.89 bits per heavy atom. The number of aliphatic imine (C=N–C) groups is 1. The Bertz CT molecular complexity index is 521. The van der Waals surface area contributed by atoms with Crippen LogP contribution in [0.1, 0.15) is 53.5 Å². The number of guanidine groups is 1. The summed E-state index contributed by atoms with van der Waals surface area (Å²) in [6, 6.07) is 3.89. The normalized spacial score (nSPS) is 12.7. The summed E-state index contributed by atoms with van der Waals surface area (Å²) in [6.45, 7) is 15.4. The van der Waals surface area contributed by atoms with Crippen molar-refractivity contribution in [1.29, 1.82) is 0 Å². The van der Waals surface area contributed by atoms with Gasteiger partial charge in [0.1, 0.15) is 0 Å². The second-order valence-corrected chi connectivity index (χ2v) is 6.82. The van der Waals surface area contributed by atoms with E-state index in [-0.39, 0.29) is 36.2 Å². The van der Waals surface area contributed by atoms with E-state index in [2.05, 4.69) is 41.4 Å². The second-order valence-electron chi connectivity index (χ2n) is 6.82. The number of pyridine rings is 1. The van der Waals surface area contributed by atoms with Crippen molar-refractivity contribution < 1.29 is 9.47 Å². The predicted octanol–water partition coefficient (Wildman–Crippen LogP) is 3.99. The molecule has 0 fully saturated rings. The number of halogens is 1. The van der Waals surface area contributed by atoms with Crippen molar-refractivity contribution >= 4 is 29.9 Å². The molecule has 1 heterocycles. The van der Waals surface area contributed by atoms with E-state index in [1.54, 1.807) is 0 Å². The zero-order chi connectivity index (χ0) is 19.4. The van der Waals surface area contributed by atoms with Crippen LogP contribution >= 0.6 is 24.0 Å². The first-order valence-electron chi connectivity index (χ1n) is 9.71. The molecule has 0 aliphatic carbocycles. The Balaban J connectivity index is 0.00000676. The highest BCUT2D eigenvalue weighted by Crippen LogP contribution is 2.11. The van der Waals surface area contributed by atoms with Crippen molar-refractivity contribution in [2.45, 2.75) is 66.7 Å². The van der Waals surface area contributed by atoms with Crippen LogP contribution in [-0.4, -0.2) is 42.8 Å². The number of rotatable bonds is 11. The summed E-state index contributed by atoms with van der Waals surface area (Å²) >= 11 is 0. The fraction of sp³-hybridized carbons (Fsp3) is 0.700. The maximum Gasteiger partial charge on any atom is 0.213 e. The zero-order valence-corrected chi connectivity index (χ0v) is 19.9. The molecular weight excluding hydrogens is 455 g/mol. The van der Waals surface area contributed by atoms with E-state index in [1.807, 2.05) is 39.1 Å². The van der Waals surface area contributed by atoms with Gasteiger partial charge in [-0.05, 0) is 45.6 Å². The summed E-state index contributed by atoms with van der Waals surface area (Å²) < 4.78 is 11.4. The summed E-state index contributed by atoms with van der Waals surface area (Å²) in [5, 5.41) is 6.66. The Morgan fingerprint density at radius 3 is 2.41 bits per heavy atom. The van der Waals surface area contributed by atoms with E-state index in [0.717, 1.165) is 37.6 Å². The fourth-order valence-electron chi connectivity index (χ4n) is 2.48. The third kappa shape index (κ3) is 11.4. The largest absolute Gasteiger partial charge is 0.475 e. The quantitative estimate of drug-likeness (QED) is 0.278. The monoisotopic (exact) mass is 492 g/mol. The van der Waals surface area contributed by atoms with Crippen LogP contribution in [0.5, 0.6) is 5.88 Å². The number of nitrogens with zero attached hydrogens (tertiary/aromatic N) is 2. The van der Waals surface area contributed by atoms with Crippen LogP contribution < -0.4 is 15.4 Å². The standard InChI is InChI=1S/C20H36N4O2.HI/c1-7-21-20(22-12-11-18(15(3)4)25-8-2)24-14-17-9-10-19(23-13-17)26-16(5)6;/h9-10,13,15-16,18H,7-8,11-12,14H2,1-6H3,(H2,21,22,24);1H. The molecule has 0 radical (unpaired) electrons. The average molecular weight is 492 g/mol. The number of hydrogen-bond donors (Lipinski definition) is 2. The third-order valence-corrected chi connectivity index (χ3v) is 3.76. The zero-order valence-electron chi connectivity index (χ0n) is 17.6. The van der Waals surface area contributed by atoms with Crippen LogP contribution in [0.2, 0.25) is 0 Å². The second kappa shape index (κ2) is 14.9. The first kappa shape index (κ1) is 25.9. The lowest BCUT2D eigenvalue weighted by molar-refractivity contribution is 0.0258. The Labute approximate surface area is 181 Å². The van der Waals surface area contributed by atoms with Crippen LogP contribution in [0, 0.1) is 5.92 Å². The highest BCUT2D eigenvalue weighted by Gasteiger charge is 2.12. The van der Waals surface area contributed by atoms with Crippen LogP contribution in [0.3, 0.4) is 0 Å². The van der Waals surface area contributed by atoms with Gasteiger partial charge in [-0.15, -0.1) is 24.0 Å². The minimum Gasteiger partial charge on any atom is -0.475 e. The molecule has 0 bridgehead atoms. The molecule has 0 spiro atoms. The number of aromatic nitrogens is 1. The summed E-state index contributed by atoms with van der Waals surface area (Å²) in [7, 11) is 0. The number of nitrogens with one attached hydrogen (secondary N) is 2. The van der Waals surface area contributed by atoms with E-state index < -0.39 is 0 Å². The average Bonchev–Trinajstić information content (AvgIpc) is 2.59. The topological polar surface area (TPSA) is 67.8 Å². The summed E-state index contributed by atoms with van der Waals surface area (Å²) in [5.74, 6) is 1.97. The van der Waals surface area contributed by atoms with Crippen LogP contribution in [0.15, 0.2) is 23.3 Å². The van der Waals surface area contributed by atoms with Crippen molar-refractivity contribution in [2.24, 2.45) is 10.9 Å². The molecule has 0 saturated carbocycles. The van der Waals surface area contributed by atoms with E-state index in [4.69, 9.17) is 9.47 Å². The fourth-order valence-corrected chi connectivity index (χ4v) is 2.48. The Hall–Kier alpha value is -1.09. The van der Waals surface area contributed by atoms with Crippen LogP contribution in [0.25, 0.3) is 0 Å². The van der Waals surface area contributed by atoms with E-state index in [9.17, 15) is 0 Å². The number of ether oxygens (including phenoxy) is 2. The van der Waals surface area contributed by atoms with Crippen molar-refractivity contribution in [2.75, 3.05) is 19.7 Å². The summed E-state index contributed by atoms with van der Waals surface area (Å²) in [4.78, 5) is 8.95. The first-order chi connectivity index (χ1) is 12.5.